The predicted molar refractivity (Wildman–Crippen MR) is 46.4 cm³/mol. The standard InChI is InChI=1S/C7H15NO3S/c1-2-3-4-12(9,10)8-5-7-6-11-7/h7-8H,2-6H2,1H3. The molecular weight excluding hydrogens is 178 g/mol. The minimum Gasteiger partial charge on any atom is -0.372 e. The van der Waals surface area contributed by atoms with Crippen molar-refractivity contribution in [2.45, 2.75) is 25.9 Å². The zero-order chi connectivity index (χ0) is 9.03. The summed E-state index contributed by atoms with van der Waals surface area (Å²) in [5.41, 5.74) is 0. The molecule has 5 heteroatoms. The number of hydrogen-bond donors (Lipinski definition) is 1. The Hall–Kier alpha value is -0.130. The van der Waals surface area contributed by atoms with E-state index in [0.29, 0.717) is 13.2 Å². The number of epoxide rings is 1. The molecule has 1 heterocycles. The van der Waals surface area contributed by atoms with E-state index in [1.165, 1.54) is 0 Å². The van der Waals surface area contributed by atoms with Crippen LogP contribution in [0.4, 0.5) is 0 Å². The highest BCUT2D eigenvalue weighted by Crippen LogP contribution is 2.07. The Bertz CT molecular complexity index is 221. The van der Waals surface area contributed by atoms with Gasteiger partial charge in [-0.1, -0.05) is 13.3 Å². The number of ether oxygens (including phenoxy) is 1. The van der Waals surface area contributed by atoms with Crippen LogP contribution in [-0.2, 0) is 14.8 Å². The maximum Gasteiger partial charge on any atom is 0.211 e. The molecule has 72 valence electrons. The lowest BCUT2D eigenvalue weighted by Gasteiger charge is -2.02. The van der Waals surface area contributed by atoms with Gasteiger partial charge in [0.25, 0.3) is 0 Å². The molecule has 1 fully saturated rings. The minimum atomic E-state index is -3.03. The lowest BCUT2D eigenvalue weighted by atomic mass is 10.4. The fourth-order valence-corrected chi connectivity index (χ4v) is 2.07. The van der Waals surface area contributed by atoms with Gasteiger partial charge in [-0.25, -0.2) is 13.1 Å². The van der Waals surface area contributed by atoms with Crippen molar-refractivity contribution in [2.75, 3.05) is 18.9 Å². The number of nitrogens with one attached hydrogen (secondary N) is 1. The van der Waals surface area contributed by atoms with Gasteiger partial charge in [0.05, 0.1) is 18.5 Å². The summed E-state index contributed by atoms with van der Waals surface area (Å²) in [4.78, 5) is 0. The molecule has 1 rings (SSSR count). The molecule has 1 unspecified atom stereocenters. The summed E-state index contributed by atoms with van der Waals surface area (Å²) in [6.07, 6.45) is 1.75. The third kappa shape index (κ3) is 4.04. The van der Waals surface area contributed by atoms with Crippen molar-refractivity contribution in [1.82, 2.24) is 4.72 Å². The summed E-state index contributed by atoms with van der Waals surface area (Å²) in [5, 5.41) is 0. The second kappa shape index (κ2) is 4.20. The lowest BCUT2D eigenvalue weighted by molar-refractivity contribution is 0.406. The second-order valence-corrected chi connectivity index (χ2v) is 4.90. The summed E-state index contributed by atoms with van der Waals surface area (Å²) in [6, 6.07) is 0. The molecule has 0 amide bonds. The topological polar surface area (TPSA) is 58.7 Å². The third-order valence-electron chi connectivity index (χ3n) is 1.70. The quantitative estimate of drug-likeness (QED) is 0.609. The minimum absolute atomic E-state index is 0.126. The average Bonchev–Trinajstić information content (AvgIpc) is 2.81. The van der Waals surface area contributed by atoms with Gasteiger partial charge in [-0.05, 0) is 6.42 Å². The Kier molecular flexibility index (Phi) is 3.49. The van der Waals surface area contributed by atoms with Crippen molar-refractivity contribution in [1.29, 1.82) is 0 Å². The molecule has 0 spiro atoms. The van der Waals surface area contributed by atoms with Gasteiger partial charge in [0.2, 0.25) is 10.0 Å². The van der Waals surface area contributed by atoms with Crippen LogP contribution >= 0.6 is 0 Å². The van der Waals surface area contributed by atoms with Crippen LogP contribution in [0, 0.1) is 0 Å². The van der Waals surface area contributed by atoms with Crippen LogP contribution in [0.3, 0.4) is 0 Å². The van der Waals surface area contributed by atoms with E-state index < -0.39 is 10.0 Å². The van der Waals surface area contributed by atoms with Crippen LogP contribution in [0.1, 0.15) is 19.8 Å². The monoisotopic (exact) mass is 193 g/mol. The number of rotatable bonds is 6. The molecule has 0 saturated carbocycles. The molecular formula is C7H15NO3S. The first kappa shape index (κ1) is 9.95. The van der Waals surface area contributed by atoms with Gasteiger partial charge in [0.15, 0.2) is 0 Å². The molecule has 0 radical (unpaired) electrons. The highest BCUT2D eigenvalue weighted by atomic mass is 32.2. The maximum atomic E-state index is 11.2. The van der Waals surface area contributed by atoms with Gasteiger partial charge >= 0.3 is 0 Å². The van der Waals surface area contributed by atoms with Crippen LogP contribution in [0.15, 0.2) is 0 Å². The molecule has 1 N–H and O–H groups in total. The average molecular weight is 193 g/mol. The van der Waals surface area contributed by atoms with Gasteiger partial charge in [-0.3, -0.25) is 0 Å². The summed E-state index contributed by atoms with van der Waals surface area (Å²) in [7, 11) is -3.03. The first-order valence-electron chi connectivity index (χ1n) is 4.23. The maximum absolute atomic E-state index is 11.2. The Labute approximate surface area is 73.3 Å². The smallest absolute Gasteiger partial charge is 0.211 e. The van der Waals surface area contributed by atoms with Crippen molar-refractivity contribution >= 4 is 10.0 Å². The summed E-state index contributed by atoms with van der Waals surface area (Å²) in [5.74, 6) is 0.232. The summed E-state index contributed by atoms with van der Waals surface area (Å²) in [6.45, 7) is 3.10. The van der Waals surface area contributed by atoms with E-state index in [0.717, 1.165) is 12.8 Å². The van der Waals surface area contributed by atoms with Crippen LogP contribution in [0.2, 0.25) is 0 Å². The fourth-order valence-electron chi connectivity index (χ4n) is 0.812. The Morgan fingerprint density at radius 1 is 1.58 bits per heavy atom. The van der Waals surface area contributed by atoms with Gasteiger partial charge in [-0.15, -0.1) is 0 Å². The molecule has 1 atom stereocenters. The van der Waals surface area contributed by atoms with Crippen LogP contribution < -0.4 is 4.72 Å². The van der Waals surface area contributed by atoms with E-state index >= 15 is 0 Å². The molecule has 0 aromatic carbocycles. The Balaban J connectivity index is 2.17. The molecule has 4 nitrogen and oxygen atoms in total. The molecule has 0 bridgehead atoms. The van der Waals surface area contributed by atoms with Gasteiger partial charge < -0.3 is 4.74 Å². The number of unbranched alkanes of at least 4 members (excludes halogenated alkanes) is 1. The number of hydrogen-bond acceptors (Lipinski definition) is 3. The van der Waals surface area contributed by atoms with Crippen molar-refractivity contribution < 1.29 is 13.2 Å². The molecule has 0 aromatic rings. The van der Waals surface area contributed by atoms with E-state index in [1.54, 1.807) is 0 Å². The fraction of sp³-hybridized carbons (Fsp3) is 1.00. The highest BCUT2D eigenvalue weighted by molar-refractivity contribution is 7.89. The highest BCUT2D eigenvalue weighted by Gasteiger charge is 2.24. The normalized spacial score (nSPS) is 22.6. The SMILES string of the molecule is CCCCS(=O)(=O)NCC1CO1. The molecule has 0 aliphatic carbocycles. The van der Waals surface area contributed by atoms with E-state index in [9.17, 15) is 8.42 Å². The summed E-state index contributed by atoms with van der Waals surface area (Å²) >= 11 is 0. The molecule has 1 aliphatic rings. The summed E-state index contributed by atoms with van der Waals surface area (Å²) < 4.78 is 29.7. The van der Waals surface area contributed by atoms with Crippen molar-refractivity contribution in [3.05, 3.63) is 0 Å². The van der Waals surface area contributed by atoms with Gasteiger partial charge in [0, 0.05) is 6.54 Å². The van der Waals surface area contributed by atoms with Gasteiger partial charge in [-0.2, -0.15) is 0 Å². The van der Waals surface area contributed by atoms with E-state index in [4.69, 9.17) is 4.74 Å². The second-order valence-electron chi connectivity index (χ2n) is 2.98. The largest absolute Gasteiger partial charge is 0.372 e. The molecule has 1 saturated heterocycles. The molecule has 12 heavy (non-hydrogen) atoms. The Morgan fingerprint density at radius 3 is 2.75 bits per heavy atom. The van der Waals surface area contributed by atoms with Gasteiger partial charge in [0.1, 0.15) is 0 Å². The first-order valence-corrected chi connectivity index (χ1v) is 5.88. The van der Waals surface area contributed by atoms with E-state index in [2.05, 4.69) is 4.72 Å². The number of sulfonamides is 1. The van der Waals surface area contributed by atoms with E-state index in [-0.39, 0.29) is 11.9 Å². The van der Waals surface area contributed by atoms with Crippen molar-refractivity contribution in [3.8, 4) is 0 Å². The lowest BCUT2D eigenvalue weighted by Crippen LogP contribution is -2.29. The predicted octanol–water partition coefficient (Wildman–Crippen LogP) is 0.105. The zero-order valence-corrected chi connectivity index (χ0v) is 8.06. The van der Waals surface area contributed by atoms with Crippen LogP contribution in [-0.4, -0.2) is 33.4 Å². The van der Waals surface area contributed by atoms with E-state index in [1.807, 2.05) is 6.92 Å². The van der Waals surface area contributed by atoms with Crippen LogP contribution in [0.5, 0.6) is 0 Å². The van der Waals surface area contributed by atoms with Crippen molar-refractivity contribution in [3.63, 3.8) is 0 Å². The van der Waals surface area contributed by atoms with Crippen LogP contribution in [0.25, 0.3) is 0 Å². The van der Waals surface area contributed by atoms with Crippen molar-refractivity contribution in [2.24, 2.45) is 0 Å². The Morgan fingerprint density at radius 2 is 2.25 bits per heavy atom. The molecule has 0 aromatic heterocycles. The molecule has 1 aliphatic heterocycles. The zero-order valence-electron chi connectivity index (χ0n) is 7.25. The first-order chi connectivity index (χ1) is 5.64. The third-order valence-corrected chi connectivity index (χ3v) is 3.13.